The fourth-order valence-corrected chi connectivity index (χ4v) is 8.05. The average molecular weight is 467 g/mol. The van der Waals surface area contributed by atoms with Crippen LogP contribution in [0.5, 0.6) is 0 Å². The third-order valence-corrected chi connectivity index (χ3v) is 9.75. The standard InChI is InChI=1S/C27H35N2O3P/c1-18(2)21-16-15-19(3)17-24(21)32-33(31,20-11-7-6-8-12-20)26-22-13-9-10-14-23(22)29(5)25(26)27(30)28-4/h6-14,18-19,21,24H,15-17H2,1-5H3,(H,28,30)/t19-,21-,24+,33?/m0/s1. The van der Waals surface area contributed by atoms with Gasteiger partial charge in [0.2, 0.25) is 0 Å². The number of fused-ring (bicyclic) bond motifs is 1. The van der Waals surface area contributed by atoms with Gasteiger partial charge in [-0.1, -0.05) is 63.6 Å². The van der Waals surface area contributed by atoms with Gasteiger partial charge in [-0.3, -0.25) is 9.36 Å². The fourth-order valence-electron chi connectivity index (χ4n) is 5.34. The first kappa shape index (κ1) is 23.8. The Morgan fingerprint density at radius 1 is 1.09 bits per heavy atom. The van der Waals surface area contributed by atoms with Crippen molar-refractivity contribution in [3.8, 4) is 0 Å². The van der Waals surface area contributed by atoms with Gasteiger partial charge in [-0.2, -0.15) is 0 Å². The summed E-state index contributed by atoms with van der Waals surface area (Å²) < 4.78 is 23.9. The molecule has 176 valence electrons. The molecular weight excluding hydrogens is 431 g/mol. The summed E-state index contributed by atoms with van der Waals surface area (Å²) >= 11 is 0. The zero-order chi connectivity index (χ0) is 23.8. The highest BCUT2D eigenvalue weighted by Gasteiger charge is 2.42. The monoisotopic (exact) mass is 466 g/mol. The number of aryl methyl sites for hydroxylation is 1. The molecular formula is C27H35N2O3P. The molecule has 2 aromatic carbocycles. The van der Waals surface area contributed by atoms with Crippen LogP contribution in [0.4, 0.5) is 0 Å². The summed E-state index contributed by atoms with van der Waals surface area (Å²) in [6.07, 6.45) is 2.97. The Bertz CT molecular complexity index is 1180. The molecule has 1 aliphatic rings. The maximum Gasteiger partial charge on any atom is 0.268 e. The number of benzene rings is 2. The number of hydrogen-bond donors (Lipinski definition) is 1. The number of para-hydroxylation sites is 1. The second kappa shape index (κ2) is 9.48. The van der Waals surface area contributed by atoms with E-state index in [1.54, 1.807) is 7.05 Å². The van der Waals surface area contributed by atoms with E-state index in [0.717, 1.165) is 30.2 Å². The van der Waals surface area contributed by atoms with E-state index in [1.165, 1.54) is 0 Å². The number of hydrogen-bond acceptors (Lipinski definition) is 3. The van der Waals surface area contributed by atoms with Crippen LogP contribution in [0.2, 0.25) is 0 Å². The highest BCUT2D eigenvalue weighted by Crippen LogP contribution is 2.52. The van der Waals surface area contributed by atoms with Crippen molar-refractivity contribution in [2.75, 3.05) is 7.05 Å². The minimum Gasteiger partial charge on any atom is -0.354 e. The van der Waals surface area contributed by atoms with E-state index in [4.69, 9.17) is 4.52 Å². The molecule has 0 saturated heterocycles. The summed E-state index contributed by atoms with van der Waals surface area (Å²) in [5.41, 5.74) is 1.26. The topological polar surface area (TPSA) is 60.3 Å². The van der Waals surface area contributed by atoms with Crippen LogP contribution in [0, 0.1) is 17.8 Å². The van der Waals surface area contributed by atoms with Crippen LogP contribution in [0.15, 0.2) is 54.6 Å². The van der Waals surface area contributed by atoms with Crippen molar-refractivity contribution in [3.63, 3.8) is 0 Å². The zero-order valence-electron chi connectivity index (χ0n) is 20.2. The normalized spacial score (nSPS) is 22.9. The number of nitrogens with zero attached hydrogens (tertiary/aromatic N) is 1. The quantitative estimate of drug-likeness (QED) is 0.505. The van der Waals surface area contributed by atoms with Gasteiger partial charge < -0.3 is 14.4 Å². The van der Waals surface area contributed by atoms with E-state index in [0.29, 0.717) is 34.1 Å². The largest absolute Gasteiger partial charge is 0.354 e. The molecule has 1 aromatic heterocycles. The van der Waals surface area contributed by atoms with Gasteiger partial charge in [0.05, 0.1) is 11.4 Å². The molecule has 33 heavy (non-hydrogen) atoms. The van der Waals surface area contributed by atoms with E-state index in [-0.39, 0.29) is 12.0 Å². The molecule has 5 nitrogen and oxygen atoms in total. The van der Waals surface area contributed by atoms with Gasteiger partial charge in [0.15, 0.2) is 0 Å². The summed E-state index contributed by atoms with van der Waals surface area (Å²) in [6, 6.07) is 17.2. The van der Waals surface area contributed by atoms with E-state index < -0.39 is 7.37 Å². The molecule has 0 radical (unpaired) electrons. The van der Waals surface area contributed by atoms with E-state index in [9.17, 15) is 4.79 Å². The van der Waals surface area contributed by atoms with E-state index in [1.807, 2.05) is 66.2 Å². The van der Waals surface area contributed by atoms with Crippen molar-refractivity contribution in [1.29, 1.82) is 0 Å². The van der Waals surface area contributed by atoms with Gasteiger partial charge in [-0.15, -0.1) is 0 Å². The minimum atomic E-state index is -3.61. The van der Waals surface area contributed by atoms with Gasteiger partial charge >= 0.3 is 0 Å². The highest BCUT2D eigenvalue weighted by molar-refractivity contribution is 7.75. The lowest BCUT2D eigenvalue weighted by Crippen LogP contribution is -2.37. The summed E-state index contributed by atoms with van der Waals surface area (Å²) in [5.74, 6) is 1.01. The number of rotatable bonds is 6. The predicted molar refractivity (Wildman–Crippen MR) is 136 cm³/mol. The second-order valence-corrected chi connectivity index (χ2v) is 12.0. The van der Waals surface area contributed by atoms with Crippen LogP contribution in [0.25, 0.3) is 10.9 Å². The molecule has 6 heteroatoms. The molecule has 3 aromatic rings. The number of nitrogens with one attached hydrogen (secondary N) is 1. The molecule has 1 aliphatic carbocycles. The van der Waals surface area contributed by atoms with Crippen molar-refractivity contribution >= 4 is 34.8 Å². The Morgan fingerprint density at radius 3 is 2.42 bits per heavy atom. The zero-order valence-corrected chi connectivity index (χ0v) is 21.1. The van der Waals surface area contributed by atoms with Gasteiger partial charge in [0, 0.05) is 30.3 Å². The first-order chi connectivity index (χ1) is 15.8. The Hall–Kier alpha value is -2.36. The lowest BCUT2D eigenvalue weighted by Gasteiger charge is -2.39. The highest BCUT2D eigenvalue weighted by atomic mass is 31.2. The first-order valence-electron chi connectivity index (χ1n) is 11.9. The summed E-state index contributed by atoms with van der Waals surface area (Å²) in [5, 5.41) is 4.69. The van der Waals surface area contributed by atoms with Gasteiger partial charge in [-0.05, 0) is 48.8 Å². The maximum absolute atomic E-state index is 15.2. The van der Waals surface area contributed by atoms with Crippen molar-refractivity contribution in [2.45, 2.75) is 46.1 Å². The average Bonchev–Trinajstić information content (AvgIpc) is 3.12. The molecule has 1 unspecified atom stereocenters. The molecule has 0 bridgehead atoms. The molecule has 1 amide bonds. The van der Waals surface area contributed by atoms with Crippen molar-refractivity contribution in [2.24, 2.45) is 24.8 Å². The van der Waals surface area contributed by atoms with Crippen LogP contribution in [-0.2, 0) is 16.1 Å². The first-order valence-corrected chi connectivity index (χ1v) is 13.5. The Kier molecular flexibility index (Phi) is 6.83. The molecule has 1 fully saturated rings. The SMILES string of the molecule is CNC(=O)c1c(P(=O)(O[C@@H]2C[C@@H](C)CC[C@H]2C(C)C)c2ccccc2)c2ccccc2n1C. The van der Waals surface area contributed by atoms with E-state index in [2.05, 4.69) is 26.1 Å². The maximum atomic E-state index is 15.2. The van der Waals surface area contributed by atoms with Crippen molar-refractivity contribution in [3.05, 3.63) is 60.3 Å². The molecule has 0 spiro atoms. The molecule has 1 N–H and O–H groups in total. The Balaban J connectivity index is 1.98. The van der Waals surface area contributed by atoms with Crippen LogP contribution in [0.3, 0.4) is 0 Å². The number of aromatic nitrogens is 1. The summed E-state index contributed by atoms with van der Waals surface area (Å²) in [6.45, 7) is 6.69. The third kappa shape index (κ3) is 4.29. The Morgan fingerprint density at radius 2 is 1.76 bits per heavy atom. The second-order valence-electron chi connectivity index (χ2n) is 9.71. The van der Waals surface area contributed by atoms with Crippen LogP contribution < -0.4 is 15.9 Å². The molecule has 1 heterocycles. The number of amides is 1. The molecule has 4 atom stereocenters. The van der Waals surface area contributed by atoms with Gasteiger partial charge in [0.25, 0.3) is 13.3 Å². The predicted octanol–water partition coefficient (Wildman–Crippen LogP) is 5.24. The van der Waals surface area contributed by atoms with Gasteiger partial charge in [-0.25, -0.2) is 0 Å². The van der Waals surface area contributed by atoms with Crippen molar-refractivity contribution in [1.82, 2.24) is 9.88 Å². The smallest absolute Gasteiger partial charge is 0.268 e. The molecule has 1 saturated carbocycles. The van der Waals surface area contributed by atoms with Gasteiger partial charge in [0.1, 0.15) is 5.69 Å². The van der Waals surface area contributed by atoms with Crippen LogP contribution in [-0.4, -0.2) is 23.6 Å². The Labute approximate surface area is 197 Å². The number of carbonyl (C=O) groups excluding carboxylic acids is 1. The molecule has 0 aliphatic heterocycles. The lowest BCUT2D eigenvalue weighted by molar-refractivity contribution is 0.0514. The summed E-state index contributed by atoms with van der Waals surface area (Å²) in [7, 11) is -0.148. The molecule has 4 rings (SSSR count). The minimum absolute atomic E-state index is 0.128. The third-order valence-electron chi connectivity index (χ3n) is 7.16. The fraction of sp³-hybridized carbons (Fsp3) is 0.444. The lowest BCUT2D eigenvalue weighted by atomic mass is 9.75. The van der Waals surface area contributed by atoms with Crippen molar-refractivity contribution < 1.29 is 13.9 Å². The van der Waals surface area contributed by atoms with Crippen LogP contribution in [0.1, 0.15) is 50.5 Å². The summed E-state index contributed by atoms with van der Waals surface area (Å²) in [4.78, 5) is 13.1. The number of carbonyl (C=O) groups is 1. The van der Waals surface area contributed by atoms with Crippen LogP contribution >= 0.6 is 7.37 Å². The van der Waals surface area contributed by atoms with E-state index >= 15 is 4.57 Å².